The molecule has 0 amide bonds. The van der Waals surface area contributed by atoms with E-state index in [2.05, 4.69) is 13.8 Å². The molecule has 1 N–H and O–H groups in total. The van der Waals surface area contributed by atoms with Crippen LogP contribution in [0.3, 0.4) is 0 Å². The van der Waals surface area contributed by atoms with E-state index < -0.39 is 12.0 Å². The Balaban J connectivity index is 2.30. The van der Waals surface area contributed by atoms with Gasteiger partial charge in [0.25, 0.3) is 0 Å². The molecule has 3 nitrogen and oxygen atoms in total. The van der Waals surface area contributed by atoms with E-state index in [1.807, 2.05) is 4.90 Å². The van der Waals surface area contributed by atoms with Crippen LogP contribution in [-0.2, 0) is 4.79 Å². The van der Waals surface area contributed by atoms with Crippen LogP contribution in [0.1, 0.15) is 37.4 Å². The molecule has 0 spiro atoms. The van der Waals surface area contributed by atoms with Crippen LogP contribution >= 0.6 is 0 Å². The van der Waals surface area contributed by atoms with E-state index in [4.69, 9.17) is 0 Å². The molecule has 3 atom stereocenters. The lowest BCUT2D eigenvalue weighted by Gasteiger charge is -2.38. The summed E-state index contributed by atoms with van der Waals surface area (Å²) in [6.45, 7) is 7.52. The quantitative estimate of drug-likeness (QED) is 0.923. The van der Waals surface area contributed by atoms with Crippen LogP contribution < -0.4 is 0 Å². The Morgan fingerprint density at radius 3 is 2.45 bits per heavy atom. The molecular weight excluding hydrogens is 257 g/mol. The lowest BCUT2D eigenvalue weighted by Crippen LogP contribution is -2.43. The third kappa shape index (κ3) is 3.18. The molecule has 1 aromatic rings. The first-order valence-electron chi connectivity index (χ1n) is 7.11. The Hall–Kier alpha value is -1.42. The van der Waals surface area contributed by atoms with Crippen molar-refractivity contribution in [2.24, 2.45) is 11.8 Å². The van der Waals surface area contributed by atoms with E-state index in [0.29, 0.717) is 23.0 Å². The number of hydrogen-bond acceptors (Lipinski definition) is 2. The number of aliphatic carboxylic acids is 1. The second-order valence-corrected chi connectivity index (χ2v) is 6.15. The molecule has 20 heavy (non-hydrogen) atoms. The number of piperidine rings is 1. The maximum Gasteiger partial charge on any atom is 0.325 e. The van der Waals surface area contributed by atoms with Gasteiger partial charge in [0, 0.05) is 13.1 Å². The summed E-state index contributed by atoms with van der Waals surface area (Å²) in [6, 6.07) is 3.92. The molecule has 110 valence electrons. The summed E-state index contributed by atoms with van der Waals surface area (Å²) in [4.78, 5) is 13.7. The smallest absolute Gasteiger partial charge is 0.325 e. The Morgan fingerprint density at radius 2 is 1.95 bits per heavy atom. The van der Waals surface area contributed by atoms with Crippen molar-refractivity contribution in [1.29, 1.82) is 0 Å². The van der Waals surface area contributed by atoms with Crippen LogP contribution in [0.2, 0.25) is 0 Å². The average molecular weight is 279 g/mol. The predicted octanol–water partition coefficient (Wildman–Crippen LogP) is 3.24. The Bertz CT molecular complexity index is 493. The average Bonchev–Trinajstić information content (AvgIpc) is 2.32. The number of carboxylic acids is 1. The van der Waals surface area contributed by atoms with Crippen LogP contribution in [0.15, 0.2) is 18.2 Å². The number of likely N-dealkylation sites (tertiary alicyclic amines) is 1. The standard InChI is InChI=1S/C16H22FNO2/c1-10-6-11(2)9-18(8-10)15(16(19)20)13-4-5-14(17)12(3)7-13/h4-5,7,10-11,15H,6,8-9H2,1-3H3,(H,19,20). The van der Waals surface area contributed by atoms with Gasteiger partial charge in [-0.3, -0.25) is 9.69 Å². The second kappa shape index (κ2) is 5.92. The molecule has 4 heteroatoms. The fourth-order valence-corrected chi connectivity index (χ4v) is 3.27. The van der Waals surface area contributed by atoms with E-state index in [0.717, 1.165) is 19.5 Å². The Kier molecular flexibility index (Phi) is 4.43. The van der Waals surface area contributed by atoms with E-state index >= 15 is 0 Å². The summed E-state index contributed by atoms with van der Waals surface area (Å²) >= 11 is 0. The number of benzene rings is 1. The fraction of sp³-hybridized carbons (Fsp3) is 0.562. The van der Waals surface area contributed by atoms with Crippen molar-refractivity contribution in [1.82, 2.24) is 4.90 Å². The van der Waals surface area contributed by atoms with Crippen molar-refractivity contribution in [2.75, 3.05) is 13.1 Å². The van der Waals surface area contributed by atoms with Crippen LogP contribution in [-0.4, -0.2) is 29.1 Å². The number of rotatable bonds is 3. The van der Waals surface area contributed by atoms with E-state index in [1.54, 1.807) is 19.1 Å². The number of hydrogen-bond donors (Lipinski definition) is 1. The van der Waals surface area contributed by atoms with Gasteiger partial charge in [-0.15, -0.1) is 0 Å². The van der Waals surface area contributed by atoms with Gasteiger partial charge in [-0.1, -0.05) is 26.0 Å². The molecule has 0 saturated carbocycles. The van der Waals surface area contributed by atoms with Crippen molar-refractivity contribution in [3.8, 4) is 0 Å². The van der Waals surface area contributed by atoms with Gasteiger partial charge in [-0.05, 0) is 42.4 Å². The molecule has 2 rings (SSSR count). The summed E-state index contributed by atoms with van der Waals surface area (Å²) in [7, 11) is 0. The van der Waals surface area contributed by atoms with Gasteiger partial charge >= 0.3 is 5.97 Å². The third-order valence-corrected chi connectivity index (χ3v) is 3.99. The summed E-state index contributed by atoms with van der Waals surface area (Å²) in [6.07, 6.45) is 1.13. The number of aryl methyl sites for hydroxylation is 1. The van der Waals surface area contributed by atoms with Gasteiger partial charge in [0.05, 0.1) is 0 Å². The Morgan fingerprint density at radius 1 is 1.35 bits per heavy atom. The van der Waals surface area contributed by atoms with E-state index in [1.165, 1.54) is 6.07 Å². The first kappa shape index (κ1) is 15.0. The molecule has 0 radical (unpaired) electrons. The van der Waals surface area contributed by atoms with Crippen LogP contribution in [0, 0.1) is 24.6 Å². The largest absolute Gasteiger partial charge is 0.480 e. The van der Waals surface area contributed by atoms with Gasteiger partial charge in [-0.25, -0.2) is 4.39 Å². The van der Waals surface area contributed by atoms with Crippen molar-refractivity contribution in [2.45, 2.75) is 33.2 Å². The molecule has 1 heterocycles. The van der Waals surface area contributed by atoms with Gasteiger partial charge in [0.1, 0.15) is 11.9 Å². The van der Waals surface area contributed by atoms with Crippen LogP contribution in [0.4, 0.5) is 4.39 Å². The number of carboxylic acid groups (broad SMARTS) is 1. The SMILES string of the molecule is Cc1cc(C(C(=O)O)N2CC(C)CC(C)C2)ccc1F. The van der Waals surface area contributed by atoms with Gasteiger partial charge in [-0.2, -0.15) is 0 Å². The normalized spacial score (nSPS) is 25.4. The molecule has 0 aromatic heterocycles. The predicted molar refractivity (Wildman–Crippen MR) is 76.0 cm³/mol. The minimum Gasteiger partial charge on any atom is -0.480 e. The summed E-state index contributed by atoms with van der Waals surface area (Å²) in [5, 5.41) is 9.58. The molecule has 0 aliphatic carbocycles. The molecule has 1 fully saturated rings. The topological polar surface area (TPSA) is 40.5 Å². The monoisotopic (exact) mass is 279 g/mol. The van der Waals surface area contributed by atoms with Crippen molar-refractivity contribution >= 4 is 5.97 Å². The molecule has 1 aromatic carbocycles. The zero-order valence-electron chi connectivity index (χ0n) is 12.3. The van der Waals surface area contributed by atoms with Gasteiger partial charge in [0.2, 0.25) is 0 Å². The number of halogens is 1. The van der Waals surface area contributed by atoms with Crippen molar-refractivity contribution in [3.05, 3.63) is 35.1 Å². The third-order valence-electron chi connectivity index (χ3n) is 3.99. The maximum absolute atomic E-state index is 13.4. The first-order valence-corrected chi connectivity index (χ1v) is 7.11. The second-order valence-electron chi connectivity index (χ2n) is 6.15. The van der Waals surface area contributed by atoms with Crippen molar-refractivity contribution < 1.29 is 14.3 Å². The molecule has 1 saturated heterocycles. The van der Waals surface area contributed by atoms with E-state index in [-0.39, 0.29) is 5.82 Å². The molecule has 1 aliphatic rings. The number of carbonyl (C=O) groups is 1. The highest BCUT2D eigenvalue weighted by atomic mass is 19.1. The number of nitrogens with zero attached hydrogens (tertiary/aromatic N) is 1. The Labute approximate surface area is 119 Å². The minimum atomic E-state index is -0.864. The highest BCUT2D eigenvalue weighted by Crippen LogP contribution is 2.30. The zero-order chi connectivity index (χ0) is 14.9. The minimum absolute atomic E-state index is 0.293. The lowest BCUT2D eigenvalue weighted by atomic mass is 9.89. The summed E-state index contributed by atoms with van der Waals surface area (Å²) in [5.74, 6) is -0.181. The molecule has 0 bridgehead atoms. The summed E-state index contributed by atoms with van der Waals surface area (Å²) in [5.41, 5.74) is 1.16. The van der Waals surface area contributed by atoms with Crippen LogP contribution in [0.5, 0.6) is 0 Å². The highest BCUT2D eigenvalue weighted by Gasteiger charge is 2.32. The van der Waals surface area contributed by atoms with Gasteiger partial charge in [0.15, 0.2) is 0 Å². The molecular formula is C16H22FNO2. The zero-order valence-corrected chi connectivity index (χ0v) is 12.3. The fourth-order valence-electron chi connectivity index (χ4n) is 3.27. The maximum atomic E-state index is 13.4. The summed E-state index contributed by atoms with van der Waals surface area (Å²) < 4.78 is 13.4. The first-order chi connectivity index (χ1) is 9.38. The van der Waals surface area contributed by atoms with Gasteiger partial charge < -0.3 is 5.11 Å². The molecule has 3 unspecified atom stereocenters. The van der Waals surface area contributed by atoms with Crippen molar-refractivity contribution in [3.63, 3.8) is 0 Å². The molecule has 1 aliphatic heterocycles. The highest BCUT2D eigenvalue weighted by molar-refractivity contribution is 5.75. The van der Waals surface area contributed by atoms with E-state index in [9.17, 15) is 14.3 Å². The van der Waals surface area contributed by atoms with Crippen LogP contribution in [0.25, 0.3) is 0 Å². The lowest BCUT2D eigenvalue weighted by molar-refractivity contribution is -0.144.